The Bertz CT molecular complexity index is 683. The third-order valence-corrected chi connectivity index (χ3v) is 4.03. The van der Waals surface area contributed by atoms with Crippen molar-refractivity contribution in [2.45, 2.75) is 12.5 Å². The number of hydrogen-bond acceptors (Lipinski definition) is 5. The highest BCUT2D eigenvalue weighted by Crippen LogP contribution is 2.37. The number of benzene rings is 1. The first-order valence-electron chi connectivity index (χ1n) is 7.36. The fraction of sp³-hybridized carbons (Fsp3) is 0.353. The van der Waals surface area contributed by atoms with Crippen LogP contribution in [0, 0.1) is 0 Å². The van der Waals surface area contributed by atoms with Crippen LogP contribution in [-0.2, 0) is 19.1 Å². The van der Waals surface area contributed by atoms with Crippen molar-refractivity contribution in [3.05, 3.63) is 47.2 Å². The Morgan fingerprint density at radius 3 is 2.25 bits per heavy atom. The van der Waals surface area contributed by atoms with Gasteiger partial charge in [-0.1, -0.05) is 30.3 Å². The third-order valence-electron chi connectivity index (χ3n) is 4.03. The van der Waals surface area contributed by atoms with E-state index in [1.807, 2.05) is 30.3 Å². The molecular formula is C17H20N2O5. The summed E-state index contributed by atoms with van der Waals surface area (Å²) in [7, 11) is 5.64. The van der Waals surface area contributed by atoms with Gasteiger partial charge in [0.25, 0.3) is 0 Å². The smallest absolute Gasteiger partial charge is 0.338 e. The molecule has 0 aromatic heterocycles. The van der Waals surface area contributed by atoms with Gasteiger partial charge in [-0.2, -0.15) is 0 Å². The van der Waals surface area contributed by atoms with Crippen LogP contribution in [0.1, 0.15) is 18.0 Å². The number of methoxy groups -OCH3 is 2. The summed E-state index contributed by atoms with van der Waals surface area (Å²) >= 11 is 0. The predicted molar refractivity (Wildman–Crippen MR) is 85.8 cm³/mol. The van der Waals surface area contributed by atoms with E-state index in [0.29, 0.717) is 0 Å². The van der Waals surface area contributed by atoms with E-state index in [1.165, 1.54) is 31.1 Å². The largest absolute Gasteiger partial charge is 0.469 e. The van der Waals surface area contributed by atoms with E-state index in [9.17, 15) is 14.4 Å². The van der Waals surface area contributed by atoms with Gasteiger partial charge in [-0.3, -0.25) is 9.69 Å². The molecule has 2 rings (SSSR count). The van der Waals surface area contributed by atoms with Gasteiger partial charge in [0.2, 0.25) is 0 Å². The topological polar surface area (TPSA) is 76.2 Å². The molecule has 0 saturated carbocycles. The summed E-state index contributed by atoms with van der Waals surface area (Å²) < 4.78 is 9.59. The summed E-state index contributed by atoms with van der Waals surface area (Å²) in [5, 5.41) is 0. The minimum Gasteiger partial charge on any atom is -0.469 e. The molecule has 1 aromatic rings. The van der Waals surface area contributed by atoms with Crippen LogP contribution in [0.4, 0.5) is 4.79 Å². The maximum absolute atomic E-state index is 12.6. The zero-order valence-corrected chi connectivity index (χ0v) is 14.1. The number of urea groups is 1. The summed E-state index contributed by atoms with van der Waals surface area (Å²) in [6.07, 6.45) is -0.194. The average Bonchev–Trinajstić information content (AvgIpc) is 2.61. The fourth-order valence-corrected chi connectivity index (χ4v) is 2.78. The lowest BCUT2D eigenvalue weighted by Gasteiger charge is -2.40. The van der Waals surface area contributed by atoms with Crippen LogP contribution in [-0.4, -0.2) is 56.1 Å². The Labute approximate surface area is 140 Å². The number of esters is 2. The first-order chi connectivity index (χ1) is 11.4. The molecule has 0 N–H and O–H groups in total. The molecule has 1 aliphatic heterocycles. The summed E-state index contributed by atoms with van der Waals surface area (Å²) in [4.78, 5) is 39.5. The lowest BCUT2D eigenvalue weighted by molar-refractivity contribution is -0.140. The van der Waals surface area contributed by atoms with E-state index in [0.717, 1.165) is 5.56 Å². The van der Waals surface area contributed by atoms with Gasteiger partial charge in [-0.25, -0.2) is 9.59 Å². The number of rotatable bonds is 4. The van der Waals surface area contributed by atoms with E-state index in [-0.39, 0.29) is 23.7 Å². The second-order valence-electron chi connectivity index (χ2n) is 5.37. The molecule has 2 amide bonds. The Morgan fingerprint density at radius 2 is 1.71 bits per heavy atom. The second-order valence-corrected chi connectivity index (χ2v) is 5.37. The van der Waals surface area contributed by atoms with Gasteiger partial charge in [0.15, 0.2) is 0 Å². The minimum atomic E-state index is -0.637. The maximum atomic E-state index is 12.6. The molecule has 1 unspecified atom stereocenters. The number of likely N-dealkylation sites (N-methyl/N-ethyl adjacent to an activating group) is 1. The normalized spacial score (nSPS) is 17.8. The highest BCUT2D eigenvalue weighted by Gasteiger charge is 2.41. The van der Waals surface area contributed by atoms with Crippen LogP contribution >= 0.6 is 0 Å². The fourth-order valence-electron chi connectivity index (χ4n) is 2.78. The van der Waals surface area contributed by atoms with Crippen LogP contribution in [0.5, 0.6) is 0 Å². The second kappa shape index (κ2) is 7.16. The van der Waals surface area contributed by atoms with E-state index in [1.54, 1.807) is 7.05 Å². The van der Waals surface area contributed by atoms with Crippen LogP contribution in [0.2, 0.25) is 0 Å². The van der Waals surface area contributed by atoms with Crippen LogP contribution in [0.3, 0.4) is 0 Å². The molecule has 24 heavy (non-hydrogen) atoms. The molecule has 128 valence electrons. The first-order valence-corrected chi connectivity index (χ1v) is 7.36. The van der Waals surface area contributed by atoms with Gasteiger partial charge in [0.1, 0.15) is 0 Å². The van der Waals surface area contributed by atoms with Crippen molar-refractivity contribution >= 4 is 18.0 Å². The SMILES string of the molecule is COC(=O)CC1=C(C(=O)OC)C(c2ccccc2)N(C)C(=O)N1C. The van der Waals surface area contributed by atoms with Crippen molar-refractivity contribution in [3.63, 3.8) is 0 Å². The molecule has 0 spiro atoms. The molecule has 0 radical (unpaired) electrons. The molecule has 1 heterocycles. The van der Waals surface area contributed by atoms with Crippen molar-refractivity contribution in [1.82, 2.24) is 9.80 Å². The Hall–Kier alpha value is -2.83. The van der Waals surface area contributed by atoms with Crippen LogP contribution in [0.15, 0.2) is 41.6 Å². The average molecular weight is 332 g/mol. The molecule has 7 heteroatoms. The molecule has 0 aliphatic carbocycles. The van der Waals surface area contributed by atoms with E-state index >= 15 is 0 Å². The van der Waals surface area contributed by atoms with Crippen molar-refractivity contribution in [1.29, 1.82) is 0 Å². The molecule has 1 atom stereocenters. The number of carbonyl (C=O) groups excluding carboxylic acids is 3. The molecular weight excluding hydrogens is 312 g/mol. The molecule has 1 aromatic carbocycles. The van der Waals surface area contributed by atoms with Crippen molar-refractivity contribution in [2.24, 2.45) is 0 Å². The lowest BCUT2D eigenvalue weighted by Crippen LogP contribution is -2.48. The number of ether oxygens (including phenoxy) is 2. The predicted octanol–water partition coefficient (Wildman–Crippen LogP) is 1.72. The van der Waals surface area contributed by atoms with Gasteiger partial charge < -0.3 is 14.4 Å². The van der Waals surface area contributed by atoms with Crippen molar-refractivity contribution < 1.29 is 23.9 Å². The standard InChI is InChI=1S/C17H20N2O5/c1-18-12(10-13(20)23-3)14(16(21)24-4)15(19(2)17(18)22)11-8-6-5-7-9-11/h5-9,15H,10H2,1-4H3. The third kappa shape index (κ3) is 3.10. The van der Waals surface area contributed by atoms with Crippen LogP contribution in [0.25, 0.3) is 0 Å². The lowest BCUT2D eigenvalue weighted by atomic mass is 9.92. The highest BCUT2D eigenvalue weighted by molar-refractivity contribution is 5.96. The monoisotopic (exact) mass is 332 g/mol. The van der Waals surface area contributed by atoms with Gasteiger partial charge >= 0.3 is 18.0 Å². The summed E-state index contributed by atoms with van der Waals surface area (Å²) in [5.74, 6) is -1.13. The summed E-state index contributed by atoms with van der Waals surface area (Å²) in [5.41, 5.74) is 1.29. The Morgan fingerprint density at radius 1 is 1.08 bits per heavy atom. The van der Waals surface area contributed by atoms with Gasteiger partial charge in [-0.05, 0) is 5.56 Å². The van der Waals surface area contributed by atoms with Crippen LogP contribution < -0.4 is 0 Å². The summed E-state index contributed by atoms with van der Waals surface area (Å²) in [6.45, 7) is 0. The van der Waals surface area contributed by atoms with Gasteiger partial charge in [0, 0.05) is 19.8 Å². The minimum absolute atomic E-state index is 0.194. The zero-order valence-electron chi connectivity index (χ0n) is 14.1. The molecule has 0 fully saturated rings. The maximum Gasteiger partial charge on any atom is 0.338 e. The van der Waals surface area contributed by atoms with Gasteiger partial charge in [0.05, 0.1) is 32.3 Å². The number of nitrogens with zero attached hydrogens (tertiary/aromatic N) is 2. The molecule has 7 nitrogen and oxygen atoms in total. The van der Waals surface area contributed by atoms with Gasteiger partial charge in [-0.15, -0.1) is 0 Å². The molecule has 1 aliphatic rings. The number of amides is 2. The Balaban J connectivity index is 2.66. The van der Waals surface area contributed by atoms with E-state index in [4.69, 9.17) is 4.74 Å². The van der Waals surface area contributed by atoms with E-state index in [2.05, 4.69) is 4.74 Å². The highest BCUT2D eigenvalue weighted by atomic mass is 16.5. The van der Waals surface area contributed by atoms with E-state index < -0.39 is 18.0 Å². The molecule has 0 saturated heterocycles. The Kier molecular flexibility index (Phi) is 5.23. The summed E-state index contributed by atoms with van der Waals surface area (Å²) in [6, 6.07) is 8.16. The van der Waals surface area contributed by atoms with Crippen molar-refractivity contribution in [3.8, 4) is 0 Å². The zero-order chi connectivity index (χ0) is 17.9. The first kappa shape index (κ1) is 17.5. The molecule has 0 bridgehead atoms. The quantitative estimate of drug-likeness (QED) is 0.785. The number of carbonyl (C=O) groups is 3. The van der Waals surface area contributed by atoms with Crippen molar-refractivity contribution in [2.75, 3.05) is 28.3 Å². The number of hydrogen-bond donors (Lipinski definition) is 0.